The summed E-state index contributed by atoms with van der Waals surface area (Å²) in [5.41, 5.74) is 2.36. The summed E-state index contributed by atoms with van der Waals surface area (Å²) in [5.74, 6) is -0.317. The molecule has 0 radical (unpaired) electrons. The van der Waals surface area contributed by atoms with Crippen LogP contribution in [0.15, 0.2) is 47.4 Å². The van der Waals surface area contributed by atoms with Gasteiger partial charge in [0.1, 0.15) is 0 Å². The molecular weight excluding hydrogens is 376 g/mol. The first-order valence-electron chi connectivity index (χ1n) is 8.96. The average Bonchev–Trinajstić information content (AvgIpc) is 2.69. The van der Waals surface area contributed by atoms with Crippen molar-refractivity contribution in [3.05, 3.63) is 53.6 Å². The summed E-state index contributed by atoms with van der Waals surface area (Å²) in [6.07, 6.45) is 0. The monoisotopic (exact) mass is 400 g/mol. The molecule has 0 heterocycles. The Hall–Kier alpha value is -2.89. The maximum atomic E-state index is 12.7. The van der Waals surface area contributed by atoms with Crippen molar-refractivity contribution in [1.82, 2.24) is 4.31 Å². The summed E-state index contributed by atoms with van der Waals surface area (Å²) in [4.78, 5) is 12.4. The molecule has 0 spiro atoms. The zero-order valence-corrected chi connectivity index (χ0v) is 17.0. The number of hydrogen-bond acceptors (Lipinski definition) is 5. The van der Waals surface area contributed by atoms with E-state index in [4.69, 9.17) is 5.26 Å². The Morgan fingerprint density at radius 1 is 1.14 bits per heavy atom. The Balaban J connectivity index is 2.13. The third-order valence-corrected chi connectivity index (χ3v) is 6.32. The second kappa shape index (κ2) is 9.35. The van der Waals surface area contributed by atoms with E-state index in [1.165, 1.54) is 10.4 Å². The summed E-state index contributed by atoms with van der Waals surface area (Å²) in [7, 11) is -3.60. The lowest BCUT2D eigenvalue weighted by atomic mass is 10.2. The predicted molar refractivity (Wildman–Crippen MR) is 110 cm³/mol. The molecule has 2 rings (SSSR count). The summed E-state index contributed by atoms with van der Waals surface area (Å²) < 4.78 is 26.7. The van der Waals surface area contributed by atoms with E-state index in [1.54, 1.807) is 57.2 Å². The molecule has 2 N–H and O–H groups in total. The van der Waals surface area contributed by atoms with Gasteiger partial charge < -0.3 is 10.6 Å². The molecule has 7 nitrogen and oxygen atoms in total. The zero-order chi connectivity index (χ0) is 20.7. The molecule has 0 aliphatic rings. The fourth-order valence-electron chi connectivity index (χ4n) is 2.68. The number of rotatable bonds is 8. The fraction of sp³-hybridized carbons (Fsp3) is 0.300. The number of aryl methyl sites for hydroxylation is 1. The molecule has 0 saturated carbocycles. The van der Waals surface area contributed by atoms with Crippen LogP contribution in [-0.2, 0) is 14.8 Å². The van der Waals surface area contributed by atoms with Crippen molar-refractivity contribution in [2.75, 3.05) is 30.3 Å². The number of sulfonamides is 1. The van der Waals surface area contributed by atoms with Gasteiger partial charge in [0.05, 0.1) is 23.1 Å². The molecule has 0 atom stereocenters. The first kappa shape index (κ1) is 21.4. The van der Waals surface area contributed by atoms with Crippen LogP contribution < -0.4 is 10.6 Å². The number of nitrogens with one attached hydrogen (secondary N) is 2. The summed E-state index contributed by atoms with van der Waals surface area (Å²) in [6.45, 7) is 6.10. The molecule has 148 valence electrons. The highest BCUT2D eigenvalue weighted by Crippen LogP contribution is 2.23. The molecule has 2 aromatic rings. The van der Waals surface area contributed by atoms with Gasteiger partial charge in [-0.15, -0.1) is 0 Å². The number of nitrogens with zero attached hydrogens (tertiary/aromatic N) is 2. The minimum Gasteiger partial charge on any atom is -0.376 e. The topological polar surface area (TPSA) is 102 Å². The van der Waals surface area contributed by atoms with Gasteiger partial charge in [-0.25, -0.2) is 8.42 Å². The molecule has 0 aliphatic carbocycles. The van der Waals surface area contributed by atoms with E-state index in [0.29, 0.717) is 30.0 Å². The molecule has 0 bridgehead atoms. The lowest BCUT2D eigenvalue weighted by Gasteiger charge is -2.19. The van der Waals surface area contributed by atoms with Gasteiger partial charge in [0.15, 0.2) is 0 Å². The molecular formula is C20H24N4O3S. The van der Waals surface area contributed by atoms with Crippen LogP contribution in [0.4, 0.5) is 11.4 Å². The molecule has 0 aliphatic heterocycles. The quantitative estimate of drug-likeness (QED) is 0.709. The van der Waals surface area contributed by atoms with E-state index in [0.717, 1.165) is 5.56 Å². The largest absolute Gasteiger partial charge is 0.376 e. The van der Waals surface area contributed by atoms with Crippen LogP contribution in [0.2, 0.25) is 0 Å². The number of anilines is 2. The van der Waals surface area contributed by atoms with E-state index < -0.39 is 10.0 Å². The minimum absolute atomic E-state index is 0.0126. The van der Waals surface area contributed by atoms with Crippen molar-refractivity contribution < 1.29 is 13.2 Å². The van der Waals surface area contributed by atoms with Crippen LogP contribution in [0.5, 0.6) is 0 Å². The van der Waals surface area contributed by atoms with Gasteiger partial charge in [0.2, 0.25) is 15.9 Å². The highest BCUT2D eigenvalue weighted by molar-refractivity contribution is 7.89. The van der Waals surface area contributed by atoms with E-state index in [9.17, 15) is 13.2 Å². The van der Waals surface area contributed by atoms with Crippen LogP contribution in [0, 0.1) is 18.3 Å². The fourth-order valence-corrected chi connectivity index (χ4v) is 4.17. The first-order valence-corrected chi connectivity index (χ1v) is 10.4. The van der Waals surface area contributed by atoms with Crippen LogP contribution in [0.1, 0.15) is 25.0 Å². The van der Waals surface area contributed by atoms with Crippen LogP contribution in [0.3, 0.4) is 0 Å². The van der Waals surface area contributed by atoms with Crippen molar-refractivity contribution in [3.8, 4) is 6.07 Å². The first-order chi connectivity index (χ1) is 13.3. The Kier molecular flexibility index (Phi) is 7.15. The van der Waals surface area contributed by atoms with E-state index in [1.807, 2.05) is 6.07 Å². The van der Waals surface area contributed by atoms with Crippen LogP contribution in [-0.4, -0.2) is 38.3 Å². The predicted octanol–water partition coefficient (Wildman–Crippen LogP) is 2.95. The van der Waals surface area contributed by atoms with Crippen LogP contribution in [0.25, 0.3) is 0 Å². The summed E-state index contributed by atoms with van der Waals surface area (Å²) >= 11 is 0. The van der Waals surface area contributed by atoms with Gasteiger partial charge >= 0.3 is 0 Å². The molecule has 0 fully saturated rings. The van der Waals surface area contributed by atoms with Crippen molar-refractivity contribution in [1.29, 1.82) is 5.26 Å². The smallest absolute Gasteiger partial charge is 0.243 e. The number of carbonyl (C=O) groups excluding carboxylic acids is 1. The SMILES string of the molecule is CCN(CC)S(=O)(=O)c1ccc(C)c(NC(=O)CNc2cccc(C#N)c2)c1. The van der Waals surface area contributed by atoms with E-state index in [-0.39, 0.29) is 17.3 Å². The van der Waals surface area contributed by atoms with Gasteiger partial charge in [-0.3, -0.25) is 4.79 Å². The van der Waals surface area contributed by atoms with Crippen molar-refractivity contribution in [2.45, 2.75) is 25.7 Å². The number of nitriles is 1. The van der Waals surface area contributed by atoms with Crippen LogP contribution >= 0.6 is 0 Å². The molecule has 1 amide bonds. The lowest BCUT2D eigenvalue weighted by Crippen LogP contribution is -2.30. The zero-order valence-electron chi connectivity index (χ0n) is 16.2. The summed E-state index contributed by atoms with van der Waals surface area (Å²) in [5, 5.41) is 14.6. The second-order valence-corrected chi connectivity index (χ2v) is 8.10. The average molecular weight is 401 g/mol. The molecule has 0 saturated heterocycles. The lowest BCUT2D eigenvalue weighted by molar-refractivity contribution is -0.114. The Morgan fingerprint density at radius 3 is 2.50 bits per heavy atom. The highest BCUT2D eigenvalue weighted by Gasteiger charge is 2.22. The molecule has 0 unspecified atom stereocenters. The Bertz CT molecular complexity index is 993. The van der Waals surface area contributed by atoms with Gasteiger partial charge in [0.25, 0.3) is 0 Å². The number of amides is 1. The molecule has 28 heavy (non-hydrogen) atoms. The third kappa shape index (κ3) is 5.09. The van der Waals surface area contributed by atoms with E-state index in [2.05, 4.69) is 10.6 Å². The number of carbonyl (C=O) groups is 1. The maximum absolute atomic E-state index is 12.7. The standard InChI is InChI=1S/C20H24N4O3S/c1-4-24(5-2)28(26,27)18-10-9-15(3)19(12-18)23-20(25)14-22-17-8-6-7-16(11-17)13-21/h6-12,22H,4-5,14H2,1-3H3,(H,23,25). The number of hydrogen-bond donors (Lipinski definition) is 2. The van der Waals surface area contributed by atoms with Gasteiger partial charge in [-0.2, -0.15) is 9.57 Å². The number of benzene rings is 2. The van der Waals surface area contributed by atoms with Gasteiger partial charge in [-0.05, 0) is 42.8 Å². The van der Waals surface area contributed by atoms with Crippen molar-refractivity contribution >= 4 is 27.3 Å². The Labute approximate surface area is 166 Å². The third-order valence-electron chi connectivity index (χ3n) is 4.27. The minimum atomic E-state index is -3.60. The molecule has 0 aromatic heterocycles. The Morgan fingerprint density at radius 2 is 1.86 bits per heavy atom. The molecule has 2 aromatic carbocycles. The van der Waals surface area contributed by atoms with Gasteiger partial charge in [0, 0.05) is 24.5 Å². The van der Waals surface area contributed by atoms with Crippen molar-refractivity contribution in [3.63, 3.8) is 0 Å². The van der Waals surface area contributed by atoms with Crippen molar-refractivity contribution in [2.24, 2.45) is 0 Å². The second-order valence-electron chi connectivity index (χ2n) is 6.16. The van der Waals surface area contributed by atoms with Gasteiger partial charge in [-0.1, -0.05) is 26.0 Å². The van der Waals surface area contributed by atoms with E-state index >= 15 is 0 Å². The summed E-state index contributed by atoms with van der Waals surface area (Å²) in [6, 6.07) is 13.6. The molecule has 8 heteroatoms. The normalized spacial score (nSPS) is 11.1. The highest BCUT2D eigenvalue weighted by atomic mass is 32.2. The maximum Gasteiger partial charge on any atom is 0.243 e.